The third kappa shape index (κ3) is 2.49. The van der Waals surface area contributed by atoms with Gasteiger partial charge in [0.05, 0.1) is 0 Å². The number of rotatable bonds is 3. The normalized spacial score (nSPS) is 11.4. The summed E-state index contributed by atoms with van der Waals surface area (Å²) in [6.07, 6.45) is 0. The minimum Gasteiger partial charge on any atom is -0.144 e. The van der Waals surface area contributed by atoms with Crippen molar-refractivity contribution in [2.45, 2.75) is 9.79 Å². The summed E-state index contributed by atoms with van der Waals surface area (Å²) in [5, 5.41) is 6.98. The summed E-state index contributed by atoms with van der Waals surface area (Å²) in [7, 11) is 3.66. The molecule has 0 bridgehead atoms. The molecule has 4 rings (SSSR count). The SMILES string of the molecule is c1cc2cc(SSc3ccc4sccc4c3)ccc2s1. The van der Waals surface area contributed by atoms with Gasteiger partial charge in [-0.15, -0.1) is 22.7 Å². The van der Waals surface area contributed by atoms with Crippen LogP contribution in [0.15, 0.2) is 69.1 Å². The number of thiophene rings is 2. The van der Waals surface area contributed by atoms with Gasteiger partial charge in [-0.2, -0.15) is 0 Å². The van der Waals surface area contributed by atoms with E-state index in [4.69, 9.17) is 0 Å². The minimum absolute atomic E-state index is 1.31. The molecule has 0 atom stereocenters. The first-order chi connectivity index (χ1) is 9.88. The van der Waals surface area contributed by atoms with Gasteiger partial charge in [-0.3, -0.25) is 0 Å². The number of hydrogen-bond donors (Lipinski definition) is 0. The second-order valence-corrected chi connectivity index (χ2v) is 8.58. The van der Waals surface area contributed by atoms with E-state index in [1.165, 1.54) is 30.0 Å². The van der Waals surface area contributed by atoms with Crippen LogP contribution < -0.4 is 0 Å². The van der Waals surface area contributed by atoms with Gasteiger partial charge in [0.15, 0.2) is 0 Å². The standard InChI is InChI=1S/C16H10S4/c1-3-15-11(5-7-17-15)9-13(1)19-20-14-2-4-16-12(10-14)6-8-18-16/h1-10H. The Balaban J connectivity index is 1.56. The topological polar surface area (TPSA) is 0 Å². The van der Waals surface area contributed by atoms with Crippen LogP contribution in [-0.4, -0.2) is 0 Å². The lowest BCUT2D eigenvalue weighted by Crippen LogP contribution is -1.70. The van der Waals surface area contributed by atoms with Crippen LogP contribution in [0.3, 0.4) is 0 Å². The largest absolute Gasteiger partial charge is 0.144 e. The Morgan fingerprint density at radius 1 is 0.600 bits per heavy atom. The molecule has 0 amide bonds. The highest BCUT2D eigenvalue weighted by molar-refractivity contribution is 8.76. The fourth-order valence-electron chi connectivity index (χ4n) is 2.09. The highest BCUT2D eigenvalue weighted by atomic mass is 33.1. The average molecular weight is 331 g/mol. The summed E-state index contributed by atoms with van der Waals surface area (Å²) in [5.41, 5.74) is 0. The molecule has 4 aromatic rings. The molecule has 0 aliphatic rings. The number of hydrogen-bond acceptors (Lipinski definition) is 4. The zero-order valence-corrected chi connectivity index (χ0v) is 13.7. The van der Waals surface area contributed by atoms with Crippen molar-refractivity contribution in [1.82, 2.24) is 0 Å². The van der Waals surface area contributed by atoms with Gasteiger partial charge in [0, 0.05) is 19.2 Å². The van der Waals surface area contributed by atoms with Crippen LogP contribution in [-0.2, 0) is 0 Å². The van der Waals surface area contributed by atoms with E-state index in [0.29, 0.717) is 0 Å². The second kappa shape index (κ2) is 5.45. The Hall–Kier alpha value is -0.940. The summed E-state index contributed by atoms with van der Waals surface area (Å²) in [4.78, 5) is 2.62. The molecule has 0 spiro atoms. The van der Waals surface area contributed by atoms with Crippen molar-refractivity contribution in [1.29, 1.82) is 0 Å². The van der Waals surface area contributed by atoms with Gasteiger partial charge >= 0.3 is 0 Å². The summed E-state index contributed by atoms with van der Waals surface area (Å²) in [6.45, 7) is 0. The van der Waals surface area contributed by atoms with Crippen molar-refractivity contribution < 1.29 is 0 Å². The first kappa shape index (κ1) is 12.8. The predicted octanol–water partition coefficient (Wildman–Crippen LogP) is 6.92. The monoisotopic (exact) mass is 330 g/mol. The van der Waals surface area contributed by atoms with Crippen molar-refractivity contribution in [3.63, 3.8) is 0 Å². The molecule has 98 valence electrons. The molecule has 20 heavy (non-hydrogen) atoms. The maximum Gasteiger partial charge on any atom is 0.0343 e. The van der Waals surface area contributed by atoms with Crippen LogP contribution in [0, 0.1) is 0 Å². The van der Waals surface area contributed by atoms with Gasteiger partial charge in [0.25, 0.3) is 0 Å². The first-order valence-corrected chi connectivity index (χ1v) is 10.1. The summed E-state index contributed by atoms with van der Waals surface area (Å²) in [6, 6.07) is 17.8. The number of benzene rings is 2. The predicted molar refractivity (Wildman–Crippen MR) is 95.4 cm³/mol. The van der Waals surface area contributed by atoms with E-state index in [1.54, 1.807) is 22.7 Å². The summed E-state index contributed by atoms with van der Waals surface area (Å²) < 4.78 is 2.72. The van der Waals surface area contributed by atoms with E-state index in [1.807, 2.05) is 21.6 Å². The fraction of sp³-hybridized carbons (Fsp3) is 0. The quantitative estimate of drug-likeness (QED) is 0.374. The average Bonchev–Trinajstić information content (AvgIpc) is 3.12. The molecule has 0 radical (unpaired) electrons. The molecule has 0 fully saturated rings. The fourth-order valence-corrected chi connectivity index (χ4v) is 5.62. The van der Waals surface area contributed by atoms with Crippen molar-refractivity contribution in [2.24, 2.45) is 0 Å². The highest BCUT2D eigenvalue weighted by Crippen LogP contribution is 2.40. The van der Waals surface area contributed by atoms with Crippen LogP contribution >= 0.6 is 44.3 Å². The van der Waals surface area contributed by atoms with E-state index in [2.05, 4.69) is 59.3 Å². The molecule has 0 aliphatic carbocycles. The Bertz CT molecular complexity index is 798. The smallest absolute Gasteiger partial charge is 0.0343 e. The van der Waals surface area contributed by atoms with E-state index in [-0.39, 0.29) is 0 Å². The molecule has 0 nitrogen and oxygen atoms in total. The molecule has 0 unspecified atom stereocenters. The van der Waals surface area contributed by atoms with E-state index in [9.17, 15) is 0 Å². The maximum absolute atomic E-state index is 2.27. The van der Waals surface area contributed by atoms with Crippen LogP contribution in [0.2, 0.25) is 0 Å². The lowest BCUT2D eigenvalue weighted by molar-refractivity contribution is 1.53. The molecule has 2 heterocycles. The lowest BCUT2D eigenvalue weighted by atomic mass is 10.3. The molecule has 2 aromatic carbocycles. The summed E-state index contributed by atoms with van der Waals surface area (Å²) in [5.74, 6) is 0. The molecule has 4 heteroatoms. The number of fused-ring (bicyclic) bond motifs is 2. The third-order valence-electron chi connectivity index (χ3n) is 3.08. The van der Waals surface area contributed by atoms with Crippen LogP contribution in [0.5, 0.6) is 0 Å². The Kier molecular flexibility index (Phi) is 3.48. The zero-order chi connectivity index (χ0) is 13.4. The van der Waals surface area contributed by atoms with Gasteiger partial charge < -0.3 is 0 Å². The Labute approximate surface area is 133 Å². The van der Waals surface area contributed by atoms with Gasteiger partial charge in [-0.1, -0.05) is 21.6 Å². The lowest BCUT2D eigenvalue weighted by Gasteiger charge is -2.02. The Morgan fingerprint density at radius 3 is 1.60 bits per heavy atom. The molecular formula is C16H10S4. The van der Waals surface area contributed by atoms with E-state index >= 15 is 0 Å². The van der Waals surface area contributed by atoms with Crippen LogP contribution in [0.4, 0.5) is 0 Å². The van der Waals surface area contributed by atoms with E-state index < -0.39 is 0 Å². The van der Waals surface area contributed by atoms with Crippen molar-refractivity contribution in [2.75, 3.05) is 0 Å². The minimum atomic E-state index is 1.31. The second-order valence-electron chi connectivity index (χ2n) is 4.41. The molecule has 0 aliphatic heterocycles. The van der Waals surface area contributed by atoms with E-state index in [0.717, 1.165) is 0 Å². The van der Waals surface area contributed by atoms with Gasteiger partial charge in [0.1, 0.15) is 0 Å². The van der Waals surface area contributed by atoms with Crippen LogP contribution in [0.1, 0.15) is 0 Å². The van der Waals surface area contributed by atoms with Crippen molar-refractivity contribution in [3.8, 4) is 0 Å². The molecule has 0 saturated carbocycles. The maximum atomic E-state index is 2.27. The summed E-state index contributed by atoms with van der Waals surface area (Å²) >= 11 is 3.60. The molecular weight excluding hydrogens is 320 g/mol. The third-order valence-corrected chi connectivity index (χ3v) is 7.26. The van der Waals surface area contributed by atoms with Gasteiger partial charge in [-0.25, -0.2) is 0 Å². The van der Waals surface area contributed by atoms with Crippen molar-refractivity contribution >= 4 is 64.4 Å². The first-order valence-electron chi connectivity index (χ1n) is 6.17. The van der Waals surface area contributed by atoms with Gasteiger partial charge in [0.2, 0.25) is 0 Å². The Morgan fingerprint density at radius 2 is 1.10 bits per heavy atom. The zero-order valence-electron chi connectivity index (χ0n) is 10.4. The molecule has 2 aromatic heterocycles. The molecule has 0 saturated heterocycles. The van der Waals surface area contributed by atoms with Crippen molar-refractivity contribution in [3.05, 3.63) is 59.3 Å². The van der Waals surface area contributed by atoms with Crippen LogP contribution in [0.25, 0.3) is 20.2 Å². The molecule has 0 N–H and O–H groups in total. The highest BCUT2D eigenvalue weighted by Gasteiger charge is 2.02. The van der Waals surface area contributed by atoms with Gasteiger partial charge in [-0.05, 0) is 70.1 Å².